The predicted octanol–water partition coefficient (Wildman–Crippen LogP) is 2.64. The molecular formula is C26H21N3O6. The van der Waals surface area contributed by atoms with Gasteiger partial charge < -0.3 is 15.4 Å². The van der Waals surface area contributed by atoms with Crippen molar-refractivity contribution in [2.45, 2.75) is 6.54 Å². The molecule has 35 heavy (non-hydrogen) atoms. The zero-order valence-corrected chi connectivity index (χ0v) is 18.7. The fourth-order valence-electron chi connectivity index (χ4n) is 3.62. The zero-order chi connectivity index (χ0) is 24.9. The Morgan fingerprint density at radius 3 is 2.31 bits per heavy atom. The van der Waals surface area contributed by atoms with Gasteiger partial charge >= 0.3 is 5.97 Å². The van der Waals surface area contributed by atoms with Gasteiger partial charge in [0.1, 0.15) is 0 Å². The van der Waals surface area contributed by atoms with Gasteiger partial charge in [-0.3, -0.25) is 24.1 Å². The van der Waals surface area contributed by atoms with Gasteiger partial charge in [-0.1, -0.05) is 36.4 Å². The molecule has 9 nitrogen and oxygen atoms in total. The molecule has 4 rings (SSSR count). The number of rotatable bonds is 7. The fourth-order valence-corrected chi connectivity index (χ4v) is 3.62. The first-order chi connectivity index (χ1) is 16.9. The number of anilines is 1. The zero-order valence-electron chi connectivity index (χ0n) is 18.7. The van der Waals surface area contributed by atoms with Crippen LogP contribution in [0.25, 0.3) is 0 Å². The van der Waals surface area contributed by atoms with Crippen molar-refractivity contribution in [1.29, 1.82) is 0 Å². The number of nitrogens with zero attached hydrogens (tertiary/aromatic N) is 1. The number of ether oxygens (including phenoxy) is 1. The van der Waals surface area contributed by atoms with Gasteiger partial charge in [-0.2, -0.15) is 0 Å². The monoisotopic (exact) mass is 471 g/mol. The smallest absolute Gasteiger partial charge is 0.338 e. The molecule has 3 aromatic rings. The van der Waals surface area contributed by atoms with Crippen LogP contribution in [0.5, 0.6) is 0 Å². The van der Waals surface area contributed by atoms with Crippen LogP contribution < -0.4 is 10.6 Å². The highest BCUT2D eigenvalue weighted by Crippen LogP contribution is 2.26. The summed E-state index contributed by atoms with van der Waals surface area (Å²) in [6.45, 7) is -0.457. The summed E-state index contributed by atoms with van der Waals surface area (Å²) in [5.74, 6) is -2.67. The summed E-state index contributed by atoms with van der Waals surface area (Å²) in [6, 6.07) is 19.5. The minimum atomic E-state index is -0.816. The maximum absolute atomic E-state index is 12.8. The van der Waals surface area contributed by atoms with Gasteiger partial charge in [0.05, 0.1) is 23.2 Å². The Morgan fingerprint density at radius 2 is 1.57 bits per heavy atom. The van der Waals surface area contributed by atoms with Gasteiger partial charge in [-0.25, -0.2) is 4.79 Å². The van der Waals surface area contributed by atoms with E-state index in [0.717, 1.165) is 10.5 Å². The second kappa shape index (κ2) is 10.0. The molecule has 0 aliphatic carbocycles. The molecular weight excluding hydrogens is 450 g/mol. The van der Waals surface area contributed by atoms with E-state index in [0.29, 0.717) is 11.3 Å². The van der Waals surface area contributed by atoms with Crippen LogP contribution in [0.2, 0.25) is 0 Å². The van der Waals surface area contributed by atoms with Crippen molar-refractivity contribution in [3.05, 3.63) is 101 Å². The van der Waals surface area contributed by atoms with Crippen molar-refractivity contribution in [3.63, 3.8) is 0 Å². The number of carbonyl (C=O) groups excluding carboxylic acids is 5. The molecule has 0 saturated heterocycles. The van der Waals surface area contributed by atoms with E-state index in [-0.39, 0.29) is 29.1 Å². The van der Waals surface area contributed by atoms with Gasteiger partial charge in [-0.05, 0) is 42.0 Å². The maximum Gasteiger partial charge on any atom is 0.338 e. The number of benzene rings is 3. The van der Waals surface area contributed by atoms with Crippen LogP contribution in [0.3, 0.4) is 0 Å². The van der Waals surface area contributed by atoms with E-state index in [1.165, 1.54) is 31.3 Å². The van der Waals surface area contributed by atoms with Gasteiger partial charge in [0.25, 0.3) is 23.6 Å². The van der Waals surface area contributed by atoms with E-state index >= 15 is 0 Å². The summed E-state index contributed by atoms with van der Waals surface area (Å²) >= 11 is 0. The molecule has 1 aliphatic heterocycles. The van der Waals surface area contributed by atoms with Crippen molar-refractivity contribution >= 4 is 35.3 Å². The Hall–Kier alpha value is -4.79. The summed E-state index contributed by atoms with van der Waals surface area (Å²) in [5, 5.41) is 5.04. The van der Waals surface area contributed by atoms with Crippen molar-refractivity contribution < 1.29 is 28.7 Å². The molecule has 0 aromatic heterocycles. The maximum atomic E-state index is 12.8. The van der Waals surface area contributed by atoms with E-state index in [1.807, 2.05) is 30.3 Å². The van der Waals surface area contributed by atoms with Crippen molar-refractivity contribution in [1.82, 2.24) is 10.2 Å². The molecule has 2 N–H and O–H groups in total. The highest BCUT2D eigenvalue weighted by molar-refractivity contribution is 6.21. The largest absolute Gasteiger partial charge is 0.452 e. The highest BCUT2D eigenvalue weighted by Gasteiger charge is 2.36. The van der Waals surface area contributed by atoms with Crippen molar-refractivity contribution in [2.24, 2.45) is 0 Å². The Balaban J connectivity index is 1.38. The topological polar surface area (TPSA) is 122 Å². The molecule has 0 bridgehead atoms. The lowest BCUT2D eigenvalue weighted by atomic mass is 10.1. The fraction of sp³-hybridized carbons (Fsp3) is 0.115. The standard InChI is InChI=1S/C26H21N3O6/c1-27-23(31)17-8-5-9-19(12-17)28-22(30)15-35-26(34)18-10-11-20-21(13-18)25(33)29(24(20)32)14-16-6-3-2-4-7-16/h2-13H,14-15H2,1H3,(H,27,31)(H,28,30). The van der Waals surface area contributed by atoms with Gasteiger partial charge in [0, 0.05) is 18.3 Å². The molecule has 0 spiro atoms. The summed E-state index contributed by atoms with van der Waals surface area (Å²) in [4.78, 5) is 63.0. The second-order valence-corrected chi connectivity index (χ2v) is 7.73. The predicted molar refractivity (Wildman–Crippen MR) is 126 cm³/mol. The van der Waals surface area contributed by atoms with Crippen LogP contribution in [0.4, 0.5) is 5.69 Å². The number of hydrogen-bond acceptors (Lipinski definition) is 6. The van der Waals surface area contributed by atoms with E-state index in [4.69, 9.17) is 4.74 Å². The Morgan fingerprint density at radius 1 is 0.829 bits per heavy atom. The molecule has 176 valence electrons. The van der Waals surface area contributed by atoms with Gasteiger partial charge in [0.2, 0.25) is 0 Å². The van der Waals surface area contributed by atoms with Crippen LogP contribution >= 0.6 is 0 Å². The first kappa shape index (κ1) is 23.4. The van der Waals surface area contributed by atoms with Crippen LogP contribution in [0.1, 0.15) is 47.0 Å². The minimum absolute atomic E-state index is 0.0425. The SMILES string of the molecule is CNC(=O)c1cccc(NC(=O)COC(=O)c2ccc3c(c2)C(=O)N(Cc2ccccc2)C3=O)c1. The minimum Gasteiger partial charge on any atom is -0.452 e. The molecule has 0 saturated carbocycles. The van der Waals surface area contributed by atoms with Crippen molar-refractivity contribution in [2.75, 3.05) is 19.0 Å². The first-order valence-electron chi connectivity index (χ1n) is 10.7. The Bertz CT molecular complexity index is 1340. The Labute approximate surface area is 200 Å². The lowest BCUT2D eigenvalue weighted by Crippen LogP contribution is -2.29. The number of nitrogens with one attached hydrogen (secondary N) is 2. The number of imide groups is 1. The molecule has 0 fully saturated rings. The normalized spacial score (nSPS) is 12.2. The molecule has 0 atom stereocenters. The molecule has 1 heterocycles. The molecule has 0 radical (unpaired) electrons. The van der Waals surface area contributed by atoms with Crippen LogP contribution in [-0.2, 0) is 16.1 Å². The number of hydrogen-bond donors (Lipinski definition) is 2. The van der Waals surface area contributed by atoms with E-state index in [9.17, 15) is 24.0 Å². The highest BCUT2D eigenvalue weighted by atomic mass is 16.5. The first-order valence-corrected chi connectivity index (χ1v) is 10.7. The summed E-state index contributed by atoms with van der Waals surface area (Å²) in [6.07, 6.45) is 0. The summed E-state index contributed by atoms with van der Waals surface area (Å²) < 4.78 is 5.07. The third kappa shape index (κ3) is 5.09. The quantitative estimate of drug-likeness (QED) is 0.404. The average Bonchev–Trinajstić information content (AvgIpc) is 3.11. The van der Waals surface area contributed by atoms with Gasteiger partial charge in [-0.15, -0.1) is 0 Å². The van der Waals surface area contributed by atoms with Crippen LogP contribution in [0, 0.1) is 0 Å². The summed E-state index contributed by atoms with van der Waals surface area (Å²) in [5.41, 5.74) is 1.88. The molecule has 9 heteroatoms. The van der Waals surface area contributed by atoms with E-state index in [2.05, 4.69) is 10.6 Å². The number of amides is 4. The third-order valence-corrected chi connectivity index (χ3v) is 5.36. The molecule has 4 amide bonds. The number of esters is 1. The Kier molecular flexibility index (Phi) is 6.68. The molecule has 1 aliphatic rings. The van der Waals surface area contributed by atoms with E-state index in [1.54, 1.807) is 18.2 Å². The van der Waals surface area contributed by atoms with Gasteiger partial charge in [0.15, 0.2) is 6.61 Å². The molecule has 3 aromatic carbocycles. The third-order valence-electron chi connectivity index (χ3n) is 5.36. The molecule has 0 unspecified atom stereocenters. The van der Waals surface area contributed by atoms with Crippen LogP contribution in [0.15, 0.2) is 72.8 Å². The second-order valence-electron chi connectivity index (χ2n) is 7.73. The van der Waals surface area contributed by atoms with Crippen molar-refractivity contribution in [3.8, 4) is 0 Å². The number of carbonyl (C=O) groups is 5. The summed E-state index contributed by atoms with van der Waals surface area (Å²) in [7, 11) is 1.50. The lowest BCUT2D eigenvalue weighted by Gasteiger charge is -2.13. The number of fused-ring (bicyclic) bond motifs is 1. The average molecular weight is 471 g/mol. The van der Waals surface area contributed by atoms with Crippen LogP contribution in [-0.4, -0.2) is 48.2 Å². The lowest BCUT2D eigenvalue weighted by molar-refractivity contribution is -0.119. The van der Waals surface area contributed by atoms with E-state index < -0.39 is 30.3 Å².